The molecule has 11 heteroatoms. The van der Waals surface area contributed by atoms with E-state index in [1.807, 2.05) is 0 Å². The van der Waals surface area contributed by atoms with Crippen molar-refractivity contribution in [2.45, 2.75) is 11.8 Å². The van der Waals surface area contributed by atoms with Crippen LogP contribution in [0.5, 0.6) is 5.75 Å². The molecule has 1 saturated heterocycles. The number of carbonyl (C=O) groups excluding carboxylic acids is 1. The Labute approximate surface area is 184 Å². The van der Waals surface area contributed by atoms with Crippen molar-refractivity contribution in [3.63, 3.8) is 0 Å². The Morgan fingerprint density at radius 1 is 1.09 bits per heavy atom. The zero-order chi connectivity index (χ0) is 22.7. The van der Waals surface area contributed by atoms with Gasteiger partial charge in [0.15, 0.2) is 6.61 Å². The number of amides is 1. The Bertz CT molecular complexity index is 1200. The van der Waals surface area contributed by atoms with Gasteiger partial charge in [-0.3, -0.25) is 4.79 Å². The number of aryl methyl sites for hydroxylation is 1. The number of hydrogen-bond donors (Lipinski definition) is 0. The smallest absolute Gasteiger partial charge is 0.260 e. The van der Waals surface area contributed by atoms with Gasteiger partial charge in [0.1, 0.15) is 16.5 Å². The van der Waals surface area contributed by atoms with Crippen LogP contribution in [0.2, 0.25) is 0 Å². The van der Waals surface area contributed by atoms with Crippen LogP contribution in [0.25, 0.3) is 11.4 Å². The molecule has 0 bridgehead atoms. The van der Waals surface area contributed by atoms with Crippen molar-refractivity contribution in [1.29, 1.82) is 0 Å². The first-order valence-corrected chi connectivity index (χ1v) is 11.3. The van der Waals surface area contributed by atoms with Crippen molar-refractivity contribution in [2.75, 3.05) is 32.8 Å². The van der Waals surface area contributed by atoms with E-state index in [0.29, 0.717) is 17.5 Å². The average Bonchev–Trinajstić information content (AvgIpc) is 3.24. The van der Waals surface area contributed by atoms with Crippen LogP contribution in [-0.2, 0) is 14.8 Å². The van der Waals surface area contributed by atoms with E-state index in [9.17, 15) is 17.6 Å². The van der Waals surface area contributed by atoms with E-state index in [-0.39, 0.29) is 43.6 Å². The molecule has 1 amide bonds. The number of halogens is 1. The number of rotatable bonds is 6. The van der Waals surface area contributed by atoms with Crippen molar-refractivity contribution >= 4 is 15.9 Å². The van der Waals surface area contributed by atoms with E-state index in [1.165, 1.54) is 27.4 Å². The van der Waals surface area contributed by atoms with Crippen molar-refractivity contribution in [3.8, 4) is 17.1 Å². The van der Waals surface area contributed by atoms with Gasteiger partial charge in [-0.15, -0.1) is 0 Å². The zero-order valence-corrected chi connectivity index (χ0v) is 18.1. The molecule has 4 rings (SSSR count). The highest BCUT2D eigenvalue weighted by Crippen LogP contribution is 2.22. The van der Waals surface area contributed by atoms with Crippen molar-refractivity contribution < 1.29 is 26.9 Å². The van der Waals surface area contributed by atoms with Crippen LogP contribution in [0.4, 0.5) is 4.39 Å². The Morgan fingerprint density at radius 3 is 2.41 bits per heavy atom. The van der Waals surface area contributed by atoms with E-state index in [1.54, 1.807) is 31.2 Å². The van der Waals surface area contributed by atoms with E-state index < -0.39 is 15.8 Å². The van der Waals surface area contributed by atoms with E-state index >= 15 is 0 Å². The maximum Gasteiger partial charge on any atom is 0.260 e. The number of nitrogens with zero attached hydrogens (tertiary/aromatic N) is 4. The van der Waals surface area contributed by atoms with E-state index in [2.05, 4.69) is 10.1 Å². The highest BCUT2D eigenvalue weighted by molar-refractivity contribution is 7.89. The second-order valence-corrected chi connectivity index (χ2v) is 9.07. The fourth-order valence-corrected chi connectivity index (χ4v) is 4.81. The second-order valence-electron chi connectivity index (χ2n) is 7.17. The van der Waals surface area contributed by atoms with Gasteiger partial charge in [0.05, 0.1) is 0 Å². The molecule has 2 heterocycles. The lowest BCUT2D eigenvalue weighted by atomic mass is 10.2. The molecule has 0 spiro atoms. The molecule has 0 N–H and O–H groups in total. The van der Waals surface area contributed by atoms with Crippen molar-refractivity contribution in [1.82, 2.24) is 19.3 Å². The van der Waals surface area contributed by atoms with Crippen LogP contribution < -0.4 is 4.74 Å². The Hall–Kier alpha value is -3.31. The molecule has 168 valence electrons. The molecule has 0 saturated carbocycles. The normalized spacial score (nSPS) is 15.0. The molecule has 3 aromatic rings. The Morgan fingerprint density at radius 2 is 1.78 bits per heavy atom. The number of aromatic nitrogens is 2. The predicted octanol–water partition coefficient (Wildman–Crippen LogP) is 2.10. The summed E-state index contributed by atoms with van der Waals surface area (Å²) in [5.41, 5.74) is 0.757. The third-order valence-electron chi connectivity index (χ3n) is 5.05. The molecule has 32 heavy (non-hydrogen) atoms. The number of benzene rings is 2. The van der Waals surface area contributed by atoms with Crippen molar-refractivity contribution in [2.24, 2.45) is 0 Å². The number of carbonyl (C=O) groups is 1. The quantitative estimate of drug-likeness (QED) is 0.555. The summed E-state index contributed by atoms with van der Waals surface area (Å²) < 4.78 is 51.0. The zero-order valence-electron chi connectivity index (χ0n) is 17.3. The van der Waals surface area contributed by atoms with Gasteiger partial charge in [-0.2, -0.15) is 9.29 Å². The summed E-state index contributed by atoms with van der Waals surface area (Å²) in [7, 11) is -3.95. The summed E-state index contributed by atoms with van der Waals surface area (Å²) in [6.07, 6.45) is 0. The standard InChI is InChI=1S/C21H21FN4O5S/c1-15-23-21(24-31-15)16-6-8-17(9-7-16)30-14-20(27)25-10-12-26(13-11-25)32(28,29)19-5-3-2-4-18(19)22/h2-9H,10-14H2,1H3. The molecular formula is C21H21FN4O5S. The van der Waals surface area contributed by atoms with Crippen LogP contribution in [0, 0.1) is 12.7 Å². The molecule has 9 nitrogen and oxygen atoms in total. The minimum Gasteiger partial charge on any atom is -0.484 e. The third kappa shape index (κ3) is 4.63. The largest absolute Gasteiger partial charge is 0.484 e. The summed E-state index contributed by atoms with van der Waals surface area (Å²) >= 11 is 0. The molecule has 1 aliphatic rings. The Kier molecular flexibility index (Phi) is 6.19. The maximum absolute atomic E-state index is 13.9. The Balaban J connectivity index is 1.30. The van der Waals surface area contributed by atoms with Crippen LogP contribution in [0.3, 0.4) is 0 Å². The summed E-state index contributed by atoms with van der Waals surface area (Å²) in [6.45, 7) is 2.09. The first-order valence-electron chi connectivity index (χ1n) is 9.90. The van der Waals surface area contributed by atoms with Gasteiger partial charge in [-0.1, -0.05) is 17.3 Å². The number of ether oxygens (including phenoxy) is 1. The molecule has 0 aliphatic carbocycles. The topological polar surface area (TPSA) is 106 Å². The number of hydrogen-bond acceptors (Lipinski definition) is 7. The lowest BCUT2D eigenvalue weighted by Gasteiger charge is -2.34. The molecule has 0 atom stereocenters. The highest BCUT2D eigenvalue weighted by atomic mass is 32.2. The van der Waals surface area contributed by atoms with Gasteiger partial charge in [-0.25, -0.2) is 12.8 Å². The summed E-state index contributed by atoms with van der Waals surface area (Å²) in [4.78, 5) is 17.8. The fraction of sp³-hybridized carbons (Fsp3) is 0.286. The van der Waals surface area contributed by atoms with Gasteiger partial charge >= 0.3 is 0 Å². The van der Waals surface area contributed by atoms with Crippen LogP contribution in [-0.4, -0.2) is 66.5 Å². The van der Waals surface area contributed by atoms with Gasteiger partial charge in [0.2, 0.25) is 21.7 Å². The SMILES string of the molecule is Cc1nc(-c2ccc(OCC(=O)N3CCN(S(=O)(=O)c4ccccc4F)CC3)cc2)no1. The number of piperazine rings is 1. The third-order valence-corrected chi connectivity index (χ3v) is 6.98. The average molecular weight is 460 g/mol. The molecule has 1 fully saturated rings. The number of sulfonamides is 1. The second kappa shape index (κ2) is 9.05. The van der Waals surface area contributed by atoms with Gasteiger partial charge in [0, 0.05) is 38.7 Å². The molecule has 1 aliphatic heterocycles. The molecule has 0 unspecified atom stereocenters. The lowest BCUT2D eigenvalue weighted by molar-refractivity contribution is -0.134. The summed E-state index contributed by atoms with van der Waals surface area (Å²) in [5, 5.41) is 3.84. The maximum atomic E-state index is 13.9. The van der Waals surface area contributed by atoms with E-state index in [4.69, 9.17) is 9.26 Å². The van der Waals surface area contributed by atoms with Crippen LogP contribution in [0.15, 0.2) is 57.9 Å². The van der Waals surface area contributed by atoms with Crippen LogP contribution in [0.1, 0.15) is 5.89 Å². The van der Waals surface area contributed by atoms with Crippen molar-refractivity contribution in [3.05, 3.63) is 60.2 Å². The van der Waals surface area contributed by atoms with E-state index in [0.717, 1.165) is 11.6 Å². The highest BCUT2D eigenvalue weighted by Gasteiger charge is 2.31. The van der Waals surface area contributed by atoms with Crippen LogP contribution >= 0.6 is 0 Å². The van der Waals surface area contributed by atoms with Gasteiger partial charge < -0.3 is 14.2 Å². The minimum absolute atomic E-state index is 0.0845. The lowest BCUT2D eigenvalue weighted by Crippen LogP contribution is -2.51. The van der Waals surface area contributed by atoms with Gasteiger partial charge in [0.25, 0.3) is 5.91 Å². The molecule has 0 radical (unpaired) electrons. The summed E-state index contributed by atoms with van der Waals surface area (Å²) in [6, 6.07) is 12.2. The summed E-state index contributed by atoms with van der Waals surface area (Å²) in [5.74, 6) is 0.384. The monoisotopic (exact) mass is 460 g/mol. The first kappa shape index (κ1) is 21.9. The fourth-order valence-electron chi connectivity index (χ4n) is 3.32. The minimum atomic E-state index is -3.95. The molecule has 2 aromatic carbocycles. The first-order chi connectivity index (χ1) is 15.3. The molecular weight excluding hydrogens is 439 g/mol. The predicted molar refractivity (Wildman–Crippen MR) is 112 cm³/mol. The molecule has 1 aromatic heterocycles. The van der Waals surface area contributed by atoms with Gasteiger partial charge in [-0.05, 0) is 36.4 Å².